The lowest BCUT2D eigenvalue weighted by molar-refractivity contribution is 0.600. The lowest BCUT2D eigenvalue weighted by Gasteiger charge is -2.19. The maximum absolute atomic E-state index is 13.8. The van der Waals surface area contributed by atoms with Crippen molar-refractivity contribution in [2.45, 2.75) is 26.3 Å². The van der Waals surface area contributed by atoms with E-state index in [0.717, 1.165) is 16.6 Å². The summed E-state index contributed by atoms with van der Waals surface area (Å²) in [5.41, 5.74) is 2.97. The second kappa shape index (κ2) is 6.20. The number of hydrogen-bond acceptors (Lipinski definition) is 1. The Kier molecular flexibility index (Phi) is 4.59. The van der Waals surface area contributed by atoms with Crippen LogP contribution in [0.1, 0.15) is 31.0 Å². The molecule has 1 N–H and O–H groups in total. The molecule has 0 amide bonds. The summed E-state index contributed by atoms with van der Waals surface area (Å²) in [6.07, 6.45) is 0.955. The molecule has 100 valence electrons. The first-order valence-corrected chi connectivity index (χ1v) is 7.20. The largest absolute Gasteiger partial charge is 0.378 e. The van der Waals surface area contributed by atoms with Crippen LogP contribution in [-0.2, 0) is 6.42 Å². The van der Waals surface area contributed by atoms with Crippen molar-refractivity contribution in [3.05, 3.63) is 63.9 Å². The highest BCUT2D eigenvalue weighted by Crippen LogP contribution is 2.26. The molecule has 0 saturated heterocycles. The number of nitrogens with one attached hydrogen (secondary N) is 1. The van der Waals surface area contributed by atoms with Crippen LogP contribution in [0, 0.1) is 5.82 Å². The first kappa shape index (κ1) is 14.1. The SMILES string of the molecule is CCc1ccccc1NC(C)c1cc(Br)ccc1F. The molecule has 0 heterocycles. The fourth-order valence-electron chi connectivity index (χ4n) is 2.13. The highest BCUT2D eigenvalue weighted by atomic mass is 79.9. The van der Waals surface area contributed by atoms with Crippen LogP contribution in [0.5, 0.6) is 0 Å². The third kappa shape index (κ3) is 3.35. The topological polar surface area (TPSA) is 12.0 Å². The van der Waals surface area contributed by atoms with E-state index in [-0.39, 0.29) is 11.9 Å². The highest BCUT2D eigenvalue weighted by Gasteiger charge is 2.12. The maximum Gasteiger partial charge on any atom is 0.128 e. The van der Waals surface area contributed by atoms with Gasteiger partial charge in [-0.05, 0) is 43.2 Å². The summed E-state index contributed by atoms with van der Waals surface area (Å²) >= 11 is 3.38. The molecule has 1 nitrogen and oxygen atoms in total. The van der Waals surface area contributed by atoms with Crippen LogP contribution < -0.4 is 5.32 Å². The number of benzene rings is 2. The van der Waals surface area contributed by atoms with E-state index in [2.05, 4.69) is 34.2 Å². The molecule has 2 aromatic rings. The van der Waals surface area contributed by atoms with Crippen molar-refractivity contribution in [3.63, 3.8) is 0 Å². The number of halogens is 2. The number of aryl methyl sites for hydroxylation is 1. The van der Waals surface area contributed by atoms with Gasteiger partial charge in [0, 0.05) is 15.7 Å². The minimum Gasteiger partial charge on any atom is -0.378 e. The predicted octanol–water partition coefficient (Wildman–Crippen LogP) is 5.32. The van der Waals surface area contributed by atoms with Crippen molar-refractivity contribution >= 4 is 21.6 Å². The molecular formula is C16H17BrFN. The normalized spacial score (nSPS) is 12.2. The Labute approximate surface area is 122 Å². The first-order valence-electron chi connectivity index (χ1n) is 6.41. The standard InChI is InChI=1S/C16H17BrFN/c1-3-12-6-4-5-7-16(12)19-11(2)14-10-13(17)8-9-15(14)18/h4-11,19H,3H2,1-2H3. The van der Waals surface area contributed by atoms with E-state index in [1.165, 1.54) is 11.6 Å². The van der Waals surface area contributed by atoms with E-state index >= 15 is 0 Å². The van der Waals surface area contributed by atoms with E-state index in [9.17, 15) is 4.39 Å². The van der Waals surface area contributed by atoms with Gasteiger partial charge in [-0.1, -0.05) is 41.1 Å². The second-order valence-corrected chi connectivity index (χ2v) is 5.46. The summed E-state index contributed by atoms with van der Waals surface area (Å²) in [4.78, 5) is 0. The Hall–Kier alpha value is -1.35. The van der Waals surface area contributed by atoms with Crippen molar-refractivity contribution in [1.29, 1.82) is 0 Å². The van der Waals surface area contributed by atoms with Crippen molar-refractivity contribution in [2.75, 3.05) is 5.32 Å². The highest BCUT2D eigenvalue weighted by molar-refractivity contribution is 9.10. The predicted molar refractivity (Wildman–Crippen MR) is 82.0 cm³/mol. The van der Waals surface area contributed by atoms with E-state index < -0.39 is 0 Å². The Morgan fingerprint density at radius 2 is 1.95 bits per heavy atom. The summed E-state index contributed by atoms with van der Waals surface area (Å²) in [5.74, 6) is -0.183. The third-order valence-electron chi connectivity index (χ3n) is 3.19. The molecule has 0 saturated carbocycles. The number of hydrogen-bond donors (Lipinski definition) is 1. The number of para-hydroxylation sites is 1. The van der Waals surface area contributed by atoms with E-state index in [0.29, 0.717) is 5.56 Å². The van der Waals surface area contributed by atoms with Crippen LogP contribution in [-0.4, -0.2) is 0 Å². The van der Waals surface area contributed by atoms with Gasteiger partial charge in [0.15, 0.2) is 0 Å². The van der Waals surface area contributed by atoms with Crippen LogP contribution in [0.3, 0.4) is 0 Å². The molecule has 2 aromatic carbocycles. The Morgan fingerprint density at radius 3 is 2.68 bits per heavy atom. The third-order valence-corrected chi connectivity index (χ3v) is 3.69. The van der Waals surface area contributed by atoms with Gasteiger partial charge in [-0.2, -0.15) is 0 Å². The van der Waals surface area contributed by atoms with Crippen molar-refractivity contribution in [3.8, 4) is 0 Å². The molecule has 0 spiro atoms. The molecule has 1 unspecified atom stereocenters. The molecule has 0 aliphatic carbocycles. The van der Waals surface area contributed by atoms with Crippen molar-refractivity contribution < 1.29 is 4.39 Å². The van der Waals surface area contributed by atoms with Gasteiger partial charge in [-0.15, -0.1) is 0 Å². The zero-order valence-electron chi connectivity index (χ0n) is 11.1. The summed E-state index contributed by atoms with van der Waals surface area (Å²) in [5, 5.41) is 3.38. The van der Waals surface area contributed by atoms with Gasteiger partial charge < -0.3 is 5.32 Å². The minimum absolute atomic E-state index is 0.0785. The van der Waals surface area contributed by atoms with Crippen LogP contribution in [0.15, 0.2) is 46.9 Å². The minimum atomic E-state index is -0.183. The molecule has 0 bridgehead atoms. The molecule has 0 fully saturated rings. The van der Waals surface area contributed by atoms with Gasteiger partial charge in [0.1, 0.15) is 5.82 Å². The van der Waals surface area contributed by atoms with E-state index in [1.54, 1.807) is 6.07 Å². The van der Waals surface area contributed by atoms with Crippen molar-refractivity contribution in [2.24, 2.45) is 0 Å². The average molecular weight is 322 g/mol. The van der Waals surface area contributed by atoms with Crippen LogP contribution in [0.4, 0.5) is 10.1 Å². The fourth-order valence-corrected chi connectivity index (χ4v) is 2.51. The molecule has 3 heteroatoms. The summed E-state index contributed by atoms with van der Waals surface area (Å²) in [7, 11) is 0. The quantitative estimate of drug-likeness (QED) is 0.803. The van der Waals surface area contributed by atoms with Crippen LogP contribution in [0.2, 0.25) is 0 Å². The Balaban J connectivity index is 2.25. The van der Waals surface area contributed by atoms with Crippen LogP contribution in [0.25, 0.3) is 0 Å². The van der Waals surface area contributed by atoms with Gasteiger partial charge in [-0.25, -0.2) is 4.39 Å². The Morgan fingerprint density at radius 1 is 1.21 bits per heavy atom. The van der Waals surface area contributed by atoms with E-state index in [4.69, 9.17) is 0 Å². The molecule has 2 rings (SSSR count). The summed E-state index contributed by atoms with van der Waals surface area (Å²) in [6.45, 7) is 4.09. The molecule has 0 aliphatic heterocycles. The van der Waals surface area contributed by atoms with E-state index in [1.807, 2.05) is 31.2 Å². The lowest BCUT2D eigenvalue weighted by atomic mass is 10.1. The zero-order valence-corrected chi connectivity index (χ0v) is 12.7. The van der Waals surface area contributed by atoms with Gasteiger partial charge in [0.2, 0.25) is 0 Å². The smallest absolute Gasteiger partial charge is 0.128 e. The first-order chi connectivity index (χ1) is 9.11. The van der Waals surface area contributed by atoms with Gasteiger partial charge in [0.05, 0.1) is 6.04 Å². The van der Waals surface area contributed by atoms with Crippen LogP contribution >= 0.6 is 15.9 Å². The summed E-state index contributed by atoms with van der Waals surface area (Å²) in [6, 6.07) is 13.1. The molecule has 0 radical (unpaired) electrons. The second-order valence-electron chi connectivity index (χ2n) is 4.54. The summed E-state index contributed by atoms with van der Waals surface area (Å²) < 4.78 is 14.7. The number of rotatable bonds is 4. The fraction of sp³-hybridized carbons (Fsp3) is 0.250. The Bertz CT molecular complexity index is 568. The molecular weight excluding hydrogens is 305 g/mol. The maximum atomic E-state index is 13.8. The molecule has 0 aliphatic rings. The van der Waals surface area contributed by atoms with Crippen molar-refractivity contribution in [1.82, 2.24) is 0 Å². The molecule has 0 aromatic heterocycles. The lowest BCUT2D eigenvalue weighted by Crippen LogP contribution is -2.10. The zero-order chi connectivity index (χ0) is 13.8. The number of anilines is 1. The van der Waals surface area contributed by atoms with Gasteiger partial charge in [0.25, 0.3) is 0 Å². The molecule has 1 atom stereocenters. The average Bonchev–Trinajstić information content (AvgIpc) is 2.42. The van der Waals surface area contributed by atoms with Gasteiger partial charge >= 0.3 is 0 Å². The monoisotopic (exact) mass is 321 g/mol. The molecule has 19 heavy (non-hydrogen) atoms. The van der Waals surface area contributed by atoms with Gasteiger partial charge in [-0.3, -0.25) is 0 Å².